The molecule has 9 nitrogen and oxygen atoms in total. The molecule has 9 heteroatoms. The van der Waals surface area contributed by atoms with Crippen LogP contribution in [0.3, 0.4) is 0 Å². The quantitative estimate of drug-likeness (QED) is 0.709. The fourth-order valence-electron chi connectivity index (χ4n) is 2.52. The van der Waals surface area contributed by atoms with E-state index in [0.717, 1.165) is 5.56 Å². The van der Waals surface area contributed by atoms with Crippen LogP contribution in [0.25, 0.3) is 0 Å². The second-order valence-corrected chi connectivity index (χ2v) is 5.38. The Labute approximate surface area is 131 Å². The van der Waals surface area contributed by atoms with Gasteiger partial charge in [-0.25, -0.2) is 0 Å². The van der Waals surface area contributed by atoms with Crippen LogP contribution in [0.4, 0.5) is 5.95 Å². The highest BCUT2D eigenvalue weighted by molar-refractivity contribution is 5.96. The standard InChI is InChI=1S/C14H16N6O3/c21-11-3-1-9(2-4-11)5-6-20-8-10(7-12(20)22)13(23)15-14-16-18-19-17-14/h1-4,10,21H,5-8H2,(H2,15,16,17,18,19,23)/t10-/m1/s1. The summed E-state index contributed by atoms with van der Waals surface area (Å²) < 4.78 is 0. The Morgan fingerprint density at radius 1 is 1.39 bits per heavy atom. The number of aromatic nitrogens is 4. The predicted molar refractivity (Wildman–Crippen MR) is 79.3 cm³/mol. The molecule has 1 saturated heterocycles. The van der Waals surface area contributed by atoms with Gasteiger partial charge in [-0.2, -0.15) is 5.21 Å². The molecule has 1 atom stereocenters. The second kappa shape index (κ2) is 6.42. The molecule has 2 heterocycles. The minimum absolute atomic E-state index is 0.0444. The number of aromatic hydroxyl groups is 1. The third kappa shape index (κ3) is 3.62. The van der Waals surface area contributed by atoms with Crippen molar-refractivity contribution in [1.29, 1.82) is 0 Å². The molecule has 0 spiro atoms. The lowest BCUT2D eigenvalue weighted by atomic mass is 10.1. The van der Waals surface area contributed by atoms with Crippen molar-refractivity contribution in [3.63, 3.8) is 0 Å². The number of tetrazole rings is 1. The average molecular weight is 316 g/mol. The summed E-state index contributed by atoms with van der Waals surface area (Å²) >= 11 is 0. The zero-order valence-corrected chi connectivity index (χ0v) is 12.3. The monoisotopic (exact) mass is 316 g/mol. The minimum Gasteiger partial charge on any atom is -0.508 e. The van der Waals surface area contributed by atoms with Crippen LogP contribution in [-0.4, -0.2) is 55.5 Å². The summed E-state index contributed by atoms with van der Waals surface area (Å²) in [7, 11) is 0. The molecule has 1 aliphatic rings. The molecule has 0 bridgehead atoms. The second-order valence-electron chi connectivity index (χ2n) is 5.38. The number of carbonyl (C=O) groups excluding carboxylic acids is 2. The summed E-state index contributed by atoms with van der Waals surface area (Å²) in [6.07, 6.45) is 0.852. The first-order valence-electron chi connectivity index (χ1n) is 7.22. The Balaban J connectivity index is 1.52. The lowest BCUT2D eigenvalue weighted by Crippen LogP contribution is -2.30. The fraction of sp³-hybridized carbons (Fsp3) is 0.357. The maximum Gasteiger partial charge on any atom is 0.269 e. The first kappa shape index (κ1) is 14.9. The number of phenolic OH excluding ortho intramolecular Hbond substituents is 1. The van der Waals surface area contributed by atoms with E-state index in [0.29, 0.717) is 19.5 Å². The molecule has 23 heavy (non-hydrogen) atoms. The third-order valence-corrected chi connectivity index (χ3v) is 3.77. The summed E-state index contributed by atoms with van der Waals surface area (Å²) in [5.74, 6) is -0.432. The zero-order valence-electron chi connectivity index (χ0n) is 12.3. The molecule has 3 N–H and O–H groups in total. The predicted octanol–water partition coefficient (Wildman–Crippen LogP) is -0.0650. The Morgan fingerprint density at radius 3 is 2.87 bits per heavy atom. The van der Waals surface area contributed by atoms with Crippen LogP contribution < -0.4 is 5.32 Å². The Bertz CT molecular complexity index is 685. The zero-order chi connectivity index (χ0) is 16.2. The summed E-state index contributed by atoms with van der Waals surface area (Å²) in [5.41, 5.74) is 1.02. The van der Waals surface area contributed by atoms with E-state index in [1.807, 2.05) is 12.1 Å². The number of carbonyl (C=O) groups is 2. The molecule has 0 radical (unpaired) electrons. The van der Waals surface area contributed by atoms with Gasteiger partial charge in [0.25, 0.3) is 5.95 Å². The van der Waals surface area contributed by atoms with E-state index in [1.165, 1.54) is 0 Å². The lowest BCUT2D eigenvalue weighted by molar-refractivity contribution is -0.128. The Kier molecular flexibility index (Phi) is 4.18. The van der Waals surface area contributed by atoms with Crippen LogP contribution in [-0.2, 0) is 16.0 Å². The van der Waals surface area contributed by atoms with Crippen molar-refractivity contribution in [1.82, 2.24) is 25.5 Å². The highest BCUT2D eigenvalue weighted by atomic mass is 16.3. The van der Waals surface area contributed by atoms with Crippen molar-refractivity contribution in [2.24, 2.45) is 5.92 Å². The highest BCUT2D eigenvalue weighted by Crippen LogP contribution is 2.20. The first-order chi connectivity index (χ1) is 11.1. The van der Waals surface area contributed by atoms with Gasteiger partial charge in [0, 0.05) is 19.5 Å². The smallest absolute Gasteiger partial charge is 0.269 e. The number of hydrogen-bond donors (Lipinski definition) is 3. The van der Waals surface area contributed by atoms with Crippen LogP contribution in [0.5, 0.6) is 5.75 Å². The Morgan fingerprint density at radius 2 is 2.17 bits per heavy atom. The molecule has 0 saturated carbocycles. The van der Waals surface area contributed by atoms with Gasteiger partial charge in [0.2, 0.25) is 11.8 Å². The first-order valence-corrected chi connectivity index (χ1v) is 7.22. The van der Waals surface area contributed by atoms with Gasteiger partial charge < -0.3 is 10.0 Å². The molecule has 1 fully saturated rings. The van der Waals surface area contributed by atoms with Crippen molar-refractivity contribution in [3.05, 3.63) is 29.8 Å². The topological polar surface area (TPSA) is 124 Å². The molecule has 0 unspecified atom stereocenters. The summed E-state index contributed by atoms with van der Waals surface area (Å²) in [6.45, 7) is 0.913. The van der Waals surface area contributed by atoms with E-state index in [-0.39, 0.29) is 29.9 Å². The number of benzene rings is 1. The van der Waals surface area contributed by atoms with Crippen molar-refractivity contribution in [2.45, 2.75) is 12.8 Å². The number of hydrogen-bond acceptors (Lipinski definition) is 6. The van der Waals surface area contributed by atoms with Crippen molar-refractivity contribution < 1.29 is 14.7 Å². The largest absolute Gasteiger partial charge is 0.508 e. The van der Waals surface area contributed by atoms with Gasteiger partial charge in [0.15, 0.2) is 0 Å². The van der Waals surface area contributed by atoms with E-state index in [1.54, 1.807) is 17.0 Å². The summed E-state index contributed by atoms with van der Waals surface area (Å²) in [4.78, 5) is 25.8. The summed E-state index contributed by atoms with van der Waals surface area (Å²) in [6, 6.07) is 6.86. The van der Waals surface area contributed by atoms with Crippen molar-refractivity contribution in [2.75, 3.05) is 18.4 Å². The number of likely N-dealkylation sites (tertiary alicyclic amines) is 1. The number of phenols is 1. The van der Waals surface area contributed by atoms with Gasteiger partial charge >= 0.3 is 0 Å². The van der Waals surface area contributed by atoms with Gasteiger partial charge in [-0.3, -0.25) is 14.9 Å². The van der Waals surface area contributed by atoms with Gasteiger partial charge in [-0.05, 0) is 29.3 Å². The average Bonchev–Trinajstić information content (AvgIpc) is 3.16. The number of H-pyrrole nitrogens is 1. The fourth-order valence-corrected chi connectivity index (χ4v) is 2.52. The SMILES string of the molecule is O=C(Nc1nn[nH]n1)[C@@H]1CC(=O)N(CCc2ccc(O)cc2)C1. The number of rotatable bonds is 5. The van der Waals surface area contributed by atoms with Crippen molar-refractivity contribution >= 4 is 17.8 Å². The van der Waals surface area contributed by atoms with Gasteiger partial charge in [0.05, 0.1) is 5.92 Å². The van der Waals surface area contributed by atoms with Gasteiger partial charge in [-0.15, -0.1) is 5.10 Å². The molecule has 120 valence electrons. The molecule has 2 aromatic rings. The maximum absolute atomic E-state index is 12.1. The van der Waals surface area contributed by atoms with Crippen molar-refractivity contribution in [3.8, 4) is 5.75 Å². The van der Waals surface area contributed by atoms with E-state index >= 15 is 0 Å². The maximum atomic E-state index is 12.1. The van der Waals surface area contributed by atoms with Crippen LogP contribution in [0.1, 0.15) is 12.0 Å². The number of amides is 2. The number of nitrogens with one attached hydrogen (secondary N) is 2. The molecule has 1 aromatic heterocycles. The van der Waals surface area contributed by atoms with E-state index in [4.69, 9.17) is 0 Å². The van der Waals surface area contributed by atoms with Gasteiger partial charge in [0.1, 0.15) is 5.75 Å². The molecular weight excluding hydrogens is 300 g/mol. The van der Waals surface area contributed by atoms with E-state index in [9.17, 15) is 14.7 Å². The van der Waals surface area contributed by atoms with Crippen LogP contribution in [0.2, 0.25) is 0 Å². The minimum atomic E-state index is -0.416. The molecule has 2 amide bonds. The molecule has 0 aliphatic carbocycles. The molecule has 1 aromatic carbocycles. The highest BCUT2D eigenvalue weighted by Gasteiger charge is 2.34. The number of aromatic amines is 1. The number of nitrogens with zero attached hydrogens (tertiary/aromatic N) is 4. The van der Waals surface area contributed by atoms with Crippen LogP contribution >= 0.6 is 0 Å². The van der Waals surface area contributed by atoms with E-state index in [2.05, 4.69) is 25.9 Å². The molecule has 3 rings (SSSR count). The van der Waals surface area contributed by atoms with Crippen LogP contribution in [0, 0.1) is 5.92 Å². The third-order valence-electron chi connectivity index (χ3n) is 3.77. The normalized spacial score (nSPS) is 17.5. The summed E-state index contributed by atoms with van der Waals surface area (Å²) in [5, 5.41) is 24.7. The van der Waals surface area contributed by atoms with Crippen LogP contribution in [0.15, 0.2) is 24.3 Å². The Hall–Kier alpha value is -2.97. The molecular formula is C14H16N6O3. The molecule has 1 aliphatic heterocycles. The lowest BCUT2D eigenvalue weighted by Gasteiger charge is -2.16. The van der Waals surface area contributed by atoms with E-state index < -0.39 is 5.92 Å². The number of anilines is 1. The van der Waals surface area contributed by atoms with Gasteiger partial charge in [-0.1, -0.05) is 17.2 Å².